The zero-order chi connectivity index (χ0) is 16.1. The number of ether oxygens (including phenoxy) is 1. The van der Waals surface area contributed by atoms with Crippen LogP contribution in [-0.2, 0) is 6.54 Å². The summed E-state index contributed by atoms with van der Waals surface area (Å²) >= 11 is 0. The Morgan fingerprint density at radius 1 is 1.14 bits per heavy atom. The Bertz CT molecular complexity index is 647. The number of aryl methyl sites for hydroxylation is 2. The van der Waals surface area contributed by atoms with Gasteiger partial charge in [0.1, 0.15) is 5.75 Å². The molecule has 0 amide bonds. The lowest BCUT2D eigenvalue weighted by Gasteiger charge is -2.14. The molecule has 0 aromatic heterocycles. The minimum Gasteiger partial charge on any atom is -0.496 e. The van der Waals surface area contributed by atoms with Crippen LogP contribution < -0.4 is 10.1 Å². The van der Waals surface area contributed by atoms with Crippen LogP contribution in [-0.4, -0.2) is 18.9 Å². The molecule has 1 atom stereocenters. The first-order chi connectivity index (χ1) is 10.5. The van der Waals surface area contributed by atoms with Gasteiger partial charge < -0.3 is 10.1 Å². The molecule has 0 aliphatic carbocycles. The van der Waals surface area contributed by atoms with Gasteiger partial charge in [-0.1, -0.05) is 29.8 Å². The Morgan fingerprint density at radius 2 is 1.82 bits per heavy atom. The van der Waals surface area contributed by atoms with Crippen LogP contribution in [0.5, 0.6) is 5.75 Å². The number of nitrogens with one attached hydrogen (secondary N) is 1. The normalized spacial score (nSPS) is 12.0. The third-order valence-electron chi connectivity index (χ3n) is 3.81. The summed E-state index contributed by atoms with van der Waals surface area (Å²) in [5.41, 5.74) is 4.10. The average molecular weight is 297 g/mol. The van der Waals surface area contributed by atoms with E-state index in [1.807, 2.05) is 32.0 Å². The van der Waals surface area contributed by atoms with Crippen molar-refractivity contribution in [3.63, 3.8) is 0 Å². The highest BCUT2D eigenvalue weighted by molar-refractivity contribution is 6.00. The molecular weight excluding hydrogens is 274 g/mol. The Balaban J connectivity index is 1.99. The van der Waals surface area contributed by atoms with E-state index in [2.05, 4.69) is 36.5 Å². The van der Waals surface area contributed by atoms with E-state index in [1.165, 1.54) is 11.1 Å². The van der Waals surface area contributed by atoms with Gasteiger partial charge in [-0.15, -0.1) is 0 Å². The van der Waals surface area contributed by atoms with E-state index in [4.69, 9.17) is 4.74 Å². The highest BCUT2D eigenvalue weighted by Crippen LogP contribution is 2.19. The molecular formula is C19H23NO2. The highest BCUT2D eigenvalue weighted by atomic mass is 16.5. The van der Waals surface area contributed by atoms with Gasteiger partial charge >= 0.3 is 0 Å². The van der Waals surface area contributed by atoms with E-state index < -0.39 is 0 Å². The Kier molecular flexibility index (Phi) is 5.34. The smallest absolute Gasteiger partial charge is 0.179 e. The summed E-state index contributed by atoms with van der Waals surface area (Å²) in [5.74, 6) is 0.898. The molecule has 2 aromatic rings. The van der Waals surface area contributed by atoms with Gasteiger partial charge in [0.05, 0.1) is 13.2 Å². The lowest BCUT2D eigenvalue weighted by Crippen LogP contribution is -2.33. The van der Waals surface area contributed by atoms with Gasteiger partial charge in [0.25, 0.3) is 0 Å². The zero-order valence-electron chi connectivity index (χ0n) is 13.6. The summed E-state index contributed by atoms with van der Waals surface area (Å²) in [6, 6.07) is 13.6. The summed E-state index contributed by atoms with van der Waals surface area (Å²) in [6.07, 6.45) is 0. The summed E-state index contributed by atoms with van der Waals surface area (Å²) in [5, 5.41) is 3.28. The molecule has 0 aliphatic rings. The Hall–Kier alpha value is -2.13. The monoisotopic (exact) mass is 297 g/mol. The zero-order valence-corrected chi connectivity index (χ0v) is 13.6. The topological polar surface area (TPSA) is 38.3 Å². The predicted octanol–water partition coefficient (Wildman–Crippen LogP) is 3.67. The third kappa shape index (κ3) is 3.95. The van der Waals surface area contributed by atoms with E-state index in [1.54, 1.807) is 7.11 Å². The molecule has 2 rings (SSSR count). The van der Waals surface area contributed by atoms with Gasteiger partial charge in [0, 0.05) is 12.1 Å². The van der Waals surface area contributed by atoms with Crippen LogP contribution >= 0.6 is 0 Å². The van der Waals surface area contributed by atoms with Crippen molar-refractivity contribution in [1.82, 2.24) is 5.32 Å². The molecule has 2 aromatic carbocycles. The minimum absolute atomic E-state index is 0.0952. The van der Waals surface area contributed by atoms with E-state index in [9.17, 15) is 4.79 Å². The van der Waals surface area contributed by atoms with Gasteiger partial charge in [0.2, 0.25) is 0 Å². The number of Topliss-reactive ketones (excluding diaryl/α,β-unsaturated/α-hetero) is 1. The Labute approximate surface area is 132 Å². The second-order valence-electron chi connectivity index (χ2n) is 5.64. The molecule has 1 N–H and O–H groups in total. The average Bonchev–Trinajstić information content (AvgIpc) is 2.53. The largest absolute Gasteiger partial charge is 0.496 e. The summed E-state index contributed by atoms with van der Waals surface area (Å²) in [6.45, 7) is 6.59. The molecule has 0 bridgehead atoms. The van der Waals surface area contributed by atoms with Gasteiger partial charge in [-0.05, 0) is 50.1 Å². The van der Waals surface area contributed by atoms with Crippen molar-refractivity contribution in [1.29, 1.82) is 0 Å². The number of methoxy groups -OCH3 is 1. The number of carbonyl (C=O) groups excluding carboxylic acids is 1. The van der Waals surface area contributed by atoms with Crippen molar-refractivity contribution >= 4 is 5.78 Å². The molecule has 0 heterocycles. The third-order valence-corrected chi connectivity index (χ3v) is 3.81. The molecule has 0 saturated heterocycles. The SMILES string of the molecule is COc1ccc(C(=O)C(C)NCc2ccc(C)cc2)cc1C. The van der Waals surface area contributed by atoms with Gasteiger partial charge in [-0.3, -0.25) is 4.79 Å². The molecule has 116 valence electrons. The van der Waals surface area contributed by atoms with Crippen LogP contribution in [0, 0.1) is 13.8 Å². The number of ketones is 1. The molecule has 0 fully saturated rings. The fourth-order valence-corrected chi connectivity index (χ4v) is 2.35. The molecule has 0 radical (unpaired) electrons. The van der Waals surface area contributed by atoms with E-state index in [0.29, 0.717) is 12.1 Å². The Morgan fingerprint density at radius 3 is 2.41 bits per heavy atom. The fourth-order valence-electron chi connectivity index (χ4n) is 2.35. The van der Waals surface area contributed by atoms with Gasteiger partial charge in [-0.2, -0.15) is 0 Å². The summed E-state index contributed by atoms with van der Waals surface area (Å²) < 4.78 is 5.23. The number of hydrogen-bond donors (Lipinski definition) is 1. The van der Waals surface area contributed by atoms with E-state index in [0.717, 1.165) is 11.3 Å². The van der Waals surface area contributed by atoms with Crippen molar-refractivity contribution in [2.45, 2.75) is 33.4 Å². The second-order valence-corrected chi connectivity index (χ2v) is 5.64. The molecule has 3 heteroatoms. The lowest BCUT2D eigenvalue weighted by atomic mass is 10.0. The van der Waals surface area contributed by atoms with Crippen LogP contribution in [0.3, 0.4) is 0 Å². The maximum absolute atomic E-state index is 12.5. The van der Waals surface area contributed by atoms with Gasteiger partial charge in [-0.25, -0.2) is 0 Å². The molecule has 22 heavy (non-hydrogen) atoms. The molecule has 3 nitrogen and oxygen atoms in total. The van der Waals surface area contributed by atoms with Crippen LogP contribution in [0.2, 0.25) is 0 Å². The molecule has 0 aliphatic heterocycles. The number of benzene rings is 2. The van der Waals surface area contributed by atoms with Crippen LogP contribution in [0.25, 0.3) is 0 Å². The quantitative estimate of drug-likeness (QED) is 0.827. The van der Waals surface area contributed by atoms with Crippen LogP contribution in [0.15, 0.2) is 42.5 Å². The maximum Gasteiger partial charge on any atom is 0.179 e. The minimum atomic E-state index is -0.228. The first-order valence-corrected chi connectivity index (χ1v) is 7.49. The number of carbonyl (C=O) groups is 1. The predicted molar refractivity (Wildman–Crippen MR) is 89.5 cm³/mol. The number of rotatable bonds is 6. The van der Waals surface area contributed by atoms with Crippen molar-refractivity contribution in [2.24, 2.45) is 0 Å². The molecule has 0 saturated carbocycles. The van der Waals surface area contributed by atoms with Gasteiger partial charge in [0.15, 0.2) is 5.78 Å². The van der Waals surface area contributed by atoms with Crippen LogP contribution in [0.1, 0.15) is 34.0 Å². The van der Waals surface area contributed by atoms with E-state index in [-0.39, 0.29) is 11.8 Å². The fraction of sp³-hybridized carbons (Fsp3) is 0.316. The second kappa shape index (κ2) is 7.23. The molecule has 0 spiro atoms. The molecule has 1 unspecified atom stereocenters. The summed E-state index contributed by atoms with van der Waals surface area (Å²) in [7, 11) is 1.63. The lowest BCUT2D eigenvalue weighted by molar-refractivity contribution is 0.0950. The number of hydrogen-bond acceptors (Lipinski definition) is 3. The van der Waals surface area contributed by atoms with Crippen molar-refractivity contribution in [3.8, 4) is 5.75 Å². The maximum atomic E-state index is 12.5. The highest BCUT2D eigenvalue weighted by Gasteiger charge is 2.15. The van der Waals surface area contributed by atoms with Crippen molar-refractivity contribution in [2.75, 3.05) is 7.11 Å². The van der Waals surface area contributed by atoms with Crippen molar-refractivity contribution < 1.29 is 9.53 Å². The van der Waals surface area contributed by atoms with E-state index >= 15 is 0 Å². The first kappa shape index (κ1) is 16.2. The van der Waals surface area contributed by atoms with Crippen LogP contribution in [0.4, 0.5) is 0 Å². The summed E-state index contributed by atoms with van der Waals surface area (Å²) in [4.78, 5) is 12.5. The van der Waals surface area contributed by atoms with Crippen molar-refractivity contribution in [3.05, 3.63) is 64.7 Å². The standard InChI is InChI=1S/C19H23NO2/c1-13-5-7-16(8-6-13)12-20-15(3)19(21)17-9-10-18(22-4)14(2)11-17/h5-11,15,20H,12H2,1-4H3. The first-order valence-electron chi connectivity index (χ1n) is 7.49.